The standard InChI is InChI=1S/C18H20ClNO4/c1-22-13-8-7-12(14(19)11-13)9-10-20-18(21)17-15(23-2)5-4-6-16(17)24-3/h4-8,11H,9-10H2,1-3H3,(H,20,21). The Morgan fingerprint density at radius 3 is 2.25 bits per heavy atom. The maximum atomic E-state index is 12.5. The molecular formula is C18H20ClNO4. The zero-order valence-electron chi connectivity index (χ0n) is 13.9. The second kappa shape index (κ2) is 8.45. The molecule has 1 amide bonds. The number of hydrogen-bond acceptors (Lipinski definition) is 4. The van der Waals surface area contributed by atoms with Crippen LogP contribution in [0.5, 0.6) is 17.2 Å². The van der Waals surface area contributed by atoms with Crippen molar-refractivity contribution in [2.24, 2.45) is 0 Å². The second-order valence-corrected chi connectivity index (χ2v) is 5.41. The zero-order chi connectivity index (χ0) is 17.5. The average Bonchev–Trinajstić information content (AvgIpc) is 2.61. The van der Waals surface area contributed by atoms with E-state index in [1.54, 1.807) is 31.4 Å². The predicted octanol–water partition coefficient (Wildman–Crippen LogP) is 3.34. The third-order valence-corrected chi connectivity index (χ3v) is 3.95. The van der Waals surface area contributed by atoms with Crippen LogP contribution in [-0.2, 0) is 6.42 Å². The van der Waals surface area contributed by atoms with Gasteiger partial charge >= 0.3 is 0 Å². The van der Waals surface area contributed by atoms with E-state index in [1.807, 2.05) is 12.1 Å². The van der Waals surface area contributed by atoms with Gasteiger partial charge in [0.15, 0.2) is 0 Å². The lowest BCUT2D eigenvalue weighted by Crippen LogP contribution is -2.26. The van der Waals surface area contributed by atoms with Gasteiger partial charge in [-0.3, -0.25) is 4.79 Å². The van der Waals surface area contributed by atoms with E-state index in [1.165, 1.54) is 14.2 Å². The fourth-order valence-corrected chi connectivity index (χ4v) is 2.60. The van der Waals surface area contributed by atoms with Crippen LogP contribution >= 0.6 is 11.6 Å². The molecule has 2 rings (SSSR count). The van der Waals surface area contributed by atoms with Crippen molar-refractivity contribution in [3.8, 4) is 17.2 Å². The van der Waals surface area contributed by atoms with E-state index in [0.717, 1.165) is 5.56 Å². The van der Waals surface area contributed by atoms with Gasteiger partial charge in [0.2, 0.25) is 0 Å². The number of nitrogens with one attached hydrogen (secondary N) is 1. The highest BCUT2D eigenvalue weighted by molar-refractivity contribution is 6.31. The van der Waals surface area contributed by atoms with Crippen molar-refractivity contribution < 1.29 is 19.0 Å². The second-order valence-electron chi connectivity index (χ2n) is 5.00. The fourth-order valence-electron chi connectivity index (χ4n) is 2.33. The summed E-state index contributed by atoms with van der Waals surface area (Å²) in [4.78, 5) is 12.5. The Labute approximate surface area is 146 Å². The summed E-state index contributed by atoms with van der Waals surface area (Å²) in [5.74, 6) is 1.38. The lowest BCUT2D eigenvalue weighted by Gasteiger charge is -2.13. The highest BCUT2D eigenvalue weighted by Crippen LogP contribution is 2.28. The number of benzene rings is 2. The largest absolute Gasteiger partial charge is 0.497 e. The Morgan fingerprint density at radius 1 is 1.04 bits per heavy atom. The maximum Gasteiger partial charge on any atom is 0.258 e. The molecule has 0 saturated carbocycles. The highest BCUT2D eigenvalue weighted by atomic mass is 35.5. The molecule has 0 spiro atoms. The van der Waals surface area contributed by atoms with E-state index in [9.17, 15) is 4.79 Å². The van der Waals surface area contributed by atoms with Crippen molar-refractivity contribution in [2.75, 3.05) is 27.9 Å². The van der Waals surface area contributed by atoms with Gasteiger partial charge in [0.1, 0.15) is 22.8 Å². The summed E-state index contributed by atoms with van der Waals surface area (Å²) in [5, 5.41) is 3.47. The highest BCUT2D eigenvalue weighted by Gasteiger charge is 2.17. The molecule has 0 heterocycles. The van der Waals surface area contributed by atoms with Crippen LogP contribution in [0, 0.1) is 0 Å². The van der Waals surface area contributed by atoms with Crippen LogP contribution < -0.4 is 19.5 Å². The van der Waals surface area contributed by atoms with Gasteiger partial charge in [-0.25, -0.2) is 0 Å². The number of hydrogen-bond donors (Lipinski definition) is 1. The van der Waals surface area contributed by atoms with Crippen LogP contribution in [0.1, 0.15) is 15.9 Å². The Balaban J connectivity index is 2.04. The molecule has 2 aromatic carbocycles. The van der Waals surface area contributed by atoms with Gasteiger partial charge in [0, 0.05) is 11.6 Å². The van der Waals surface area contributed by atoms with Crippen LogP contribution in [0.4, 0.5) is 0 Å². The smallest absolute Gasteiger partial charge is 0.258 e. The van der Waals surface area contributed by atoms with E-state index >= 15 is 0 Å². The summed E-state index contributed by atoms with van der Waals surface area (Å²) in [6.07, 6.45) is 0.603. The number of halogens is 1. The number of carbonyl (C=O) groups is 1. The number of rotatable bonds is 7. The van der Waals surface area contributed by atoms with Gasteiger partial charge in [-0.1, -0.05) is 23.7 Å². The molecule has 1 N–H and O–H groups in total. The Bertz CT molecular complexity index is 696. The molecule has 0 aliphatic heterocycles. The molecule has 0 radical (unpaired) electrons. The number of ether oxygens (including phenoxy) is 3. The number of amides is 1. The first-order valence-electron chi connectivity index (χ1n) is 7.42. The minimum atomic E-state index is -0.256. The monoisotopic (exact) mass is 349 g/mol. The van der Waals surface area contributed by atoms with Gasteiger partial charge in [-0.05, 0) is 36.2 Å². The van der Waals surface area contributed by atoms with Crippen LogP contribution in [-0.4, -0.2) is 33.8 Å². The van der Waals surface area contributed by atoms with Gasteiger partial charge in [-0.2, -0.15) is 0 Å². The van der Waals surface area contributed by atoms with Gasteiger partial charge < -0.3 is 19.5 Å². The van der Waals surface area contributed by atoms with Crippen molar-refractivity contribution in [3.63, 3.8) is 0 Å². The molecule has 5 nitrogen and oxygen atoms in total. The first-order chi connectivity index (χ1) is 11.6. The molecule has 2 aromatic rings. The average molecular weight is 350 g/mol. The first-order valence-corrected chi connectivity index (χ1v) is 7.80. The quantitative estimate of drug-likeness (QED) is 0.833. The first kappa shape index (κ1) is 17.9. The van der Waals surface area contributed by atoms with Crippen molar-refractivity contribution in [3.05, 3.63) is 52.5 Å². The summed E-state index contributed by atoms with van der Waals surface area (Å²) in [5.41, 5.74) is 1.31. The van der Waals surface area contributed by atoms with Gasteiger partial charge in [-0.15, -0.1) is 0 Å². The van der Waals surface area contributed by atoms with E-state index in [-0.39, 0.29) is 5.91 Å². The summed E-state index contributed by atoms with van der Waals surface area (Å²) < 4.78 is 15.6. The topological polar surface area (TPSA) is 56.8 Å². The molecule has 0 aromatic heterocycles. The Hall–Kier alpha value is -2.40. The minimum Gasteiger partial charge on any atom is -0.497 e. The summed E-state index contributed by atoms with van der Waals surface area (Å²) in [6, 6.07) is 10.7. The van der Waals surface area contributed by atoms with Crippen molar-refractivity contribution in [1.82, 2.24) is 5.32 Å². The van der Waals surface area contributed by atoms with Crippen molar-refractivity contribution in [2.45, 2.75) is 6.42 Å². The molecule has 0 bridgehead atoms. The van der Waals surface area contributed by atoms with Crippen LogP contribution in [0.3, 0.4) is 0 Å². The molecular weight excluding hydrogens is 330 g/mol. The number of carbonyl (C=O) groups excluding carboxylic acids is 1. The third kappa shape index (κ3) is 4.11. The molecule has 24 heavy (non-hydrogen) atoms. The van der Waals surface area contributed by atoms with Gasteiger partial charge in [0.25, 0.3) is 5.91 Å². The normalized spacial score (nSPS) is 10.2. The third-order valence-electron chi connectivity index (χ3n) is 3.60. The molecule has 0 unspecified atom stereocenters. The van der Waals surface area contributed by atoms with Crippen LogP contribution in [0.2, 0.25) is 5.02 Å². The Kier molecular flexibility index (Phi) is 6.32. The molecule has 0 fully saturated rings. The van der Waals surface area contributed by atoms with Crippen molar-refractivity contribution in [1.29, 1.82) is 0 Å². The van der Waals surface area contributed by atoms with Crippen molar-refractivity contribution >= 4 is 17.5 Å². The molecule has 0 saturated heterocycles. The van der Waals surface area contributed by atoms with E-state index in [4.69, 9.17) is 25.8 Å². The maximum absolute atomic E-state index is 12.5. The molecule has 0 aliphatic rings. The number of methoxy groups -OCH3 is 3. The van der Waals surface area contributed by atoms with E-state index in [2.05, 4.69) is 5.32 Å². The van der Waals surface area contributed by atoms with E-state index in [0.29, 0.717) is 40.8 Å². The minimum absolute atomic E-state index is 0.256. The van der Waals surface area contributed by atoms with Crippen LogP contribution in [0.15, 0.2) is 36.4 Å². The summed E-state index contributed by atoms with van der Waals surface area (Å²) >= 11 is 6.20. The molecule has 0 atom stereocenters. The SMILES string of the molecule is COc1ccc(CCNC(=O)c2c(OC)cccc2OC)c(Cl)c1. The molecule has 128 valence electrons. The van der Waals surface area contributed by atoms with Crippen LogP contribution in [0.25, 0.3) is 0 Å². The zero-order valence-corrected chi connectivity index (χ0v) is 14.6. The Morgan fingerprint density at radius 2 is 1.71 bits per heavy atom. The lowest BCUT2D eigenvalue weighted by molar-refractivity contribution is 0.0948. The molecule has 0 aliphatic carbocycles. The van der Waals surface area contributed by atoms with E-state index < -0.39 is 0 Å². The van der Waals surface area contributed by atoms with Gasteiger partial charge in [0.05, 0.1) is 21.3 Å². The fraction of sp³-hybridized carbons (Fsp3) is 0.278. The predicted molar refractivity (Wildman–Crippen MR) is 93.6 cm³/mol. The molecule has 6 heteroatoms. The lowest BCUT2D eigenvalue weighted by atomic mass is 10.1. The summed E-state index contributed by atoms with van der Waals surface area (Å²) in [7, 11) is 4.62. The summed E-state index contributed by atoms with van der Waals surface area (Å²) in [6.45, 7) is 0.437.